The van der Waals surface area contributed by atoms with E-state index in [4.69, 9.17) is 5.11 Å². The summed E-state index contributed by atoms with van der Waals surface area (Å²) in [7, 11) is 0. The van der Waals surface area contributed by atoms with Gasteiger partial charge in [-0.25, -0.2) is 8.78 Å². The topological polar surface area (TPSA) is 66.4 Å². The highest BCUT2D eigenvalue weighted by atomic mass is 19.3. The van der Waals surface area contributed by atoms with Crippen molar-refractivity contribution in [1.82, 2.24) is 5.32 Å². The van der Waals surface area contributed by atoms with E-state index in [9.17, 15) is 18.4 Å². The number of halogens is 2. The minimum Gasteiger partial charge on any atom is -0.481 e. The van der Waals surface area contributed by atoms with E-state index in [0.29, 0.717) is 25.8 Å². The Morgan fingerprint density at radius 2 is 1.95 bits per heavy atom. The number of carboxylic acids is 1. The highest BCUT2D eigenvalue weighted by molar-refractivity contribution is 5.94. The van der Waals surface area contributed by atoms with Gasteiger partial charge in [-0.1, -0.05) is 18.6 Å². The molecule has 0 aliphatic rings. The number of carbonyl (C=O) groups excluding carboxylic acids is 1. The molecule has 110 valence electrons. The Hall–Kier alpha value is -1.98. The van der Waals surface area contributed by atoms with Crippen LogP contribution in [0.3, 0.4) is 0 Å². The van der Waals surface area contributed by atoms with E-state index in [1.165, 1.54) is 24.3 Å². The van der Waals surface area contributed by atoms with Gasteiger partial charge in [-0.15, -0.1) is 0 Å². The number of amides is 1. The SMILES string of the molecule is O=C(O)CCCCCNC(=O)c1cccc(C(F)F)c1. The quantitative estimate of drug-likeness (QED) is 0.721. The second-order valence-corrected chi connectivity index (χ2v) is 4.39. The fourth-order valence-electron chi connectivity index (χ4n) is 1.70. The van der Waals surface area contributed by atoms with Crippen molar-refractivity contribution in [3.05, 3.63) is 35.4 Å². The van der Waals surface area contributed by atoms with Gasteiger partial charge in [0.15, 0.2) is 0 Å². The fourth-order valence-corrected chi connectivity index (χ4v) is 1.70. The second-order valence-electron chi connectivity index (χ2n) is 4.39. The van der Waals surface area contributed by atoms with Crippen LogP contribution in [-0.2, 0) is 4.79 Å². The Morgan fingerprint density at radius 3 is 2.60 bits per heavy atom. The van der Waals surface area contributed by atoms with Crippen molar-refractivity contribution in [3.8, 4) is 0 Å². The third-order valence-electron chi connectivity index (χ3n) is 2.75. The molecule has 2 N–H and O–H groups in total. The monoisotopic (exact) mass is 285 g/mol. The molecule has 20 heavy (non-hydrogen) atoms. The first-order valence-corrected chi connectivity index (χ1v) is 6.39. The second kappa shape index (κ2) is 8.24. The molecule has 4 nitrogen and oxygen atoms in total. The largest absolute Gasteiger partial charge is 0.481 e. The molecule has 0 unspecified atom stereocenters. The Balaban J connectivity index is 2.32. The third-order valence-corrected chi connectivity index (χ3v) is 2.75. The molecule has 1 aromatic carbocycles. The molecule has 0 aliphatic carbocycles. The van der Waals surface area contributed by atoms with Gasteiger partial charge in [-0.2, -0.15) is 0 Å². The maximum atomic E-state index is 12.5. The number of nitrogens with one attached hydrogen (secondary N) is 1. The molecule has 6 heteroatoms. The number of carboxylic acid groups (broad SMARTS) is 1. The normalized spacial score (nSPS) is 10.6. The first-order valence-electron chi connectivity index (χ1n) is 6.39. The Kier molecular flexibility index (Phi) is 6.63. The minimum absolute atomic E-state index is 0.115. The summed E-state index contributed by atoms with van der Waals surface area (Å²) in [6, 6.07) is 5.34. The first kappa shape index (κ1) is 16.1. The molecule has 1 rings (SSSR count). The molecule has 0 fully saturated rings. The van der Waals surface area contributed by atoms with Gasteiger partial charge in [0, 0.05) is 24.1 Å². The van der Waals surface area contributed by atoms with Crippen LogP contribution in [0.4, 0.5) is 8.78 Å². The van der Waals surface area contributed by atoms with E-state index < -0.39 is 18.3 Å². The van der Waals surface area contributed by atoms with Gasteiger partial charge in [0.1, 0.15) is 0 Å². The zero-order valence-corrected chi connectivity index (χ0v) is 10.9. The maximum absolute atomic E-state index is 12.5. The van der Waals surface area contributed by atoms with Crippen molar-refractivity contribution in [2.75, 3.05) is 6.54 Å². The summed E-state index contributed by atoms with van der Waals surface area (Å²) in [5.41, 5.74) is 0.0208. The van der Waals surface area contributed by atoms with Crippen molar-refractivity contribution >= 4 is 11.9 Å². The summed E-state index contributed by atoms with van der Waals surface area (Å²) in [4.78, 5) is 22.0. The molecule has 0 aromatic heterocycles. The zero-order chi connectivity index (χ0) is 15.0. The van der Waals surface area contributed by atoms with Crippen LogP contribution < -0.4 is 5.32 Å². The van der Waals surface area contributed by atoms with Gasteiger partial charge in [0.25, 0.3) is 12.3 Å². The van der Waals surface area contributed by atoms with Crippen molar-refractivity contribution in [3.63, 3.8) is 0 Å². The Labute approximate surface area is 115 Å². The van der Waals surface area contributed by atoms with E-state index in [1.807, 2.05) is 0 Å². The number of hydrogen-bond acceptors (Lipinski definition) is 2. The van der Waals surface area contributed by atoms with Gasteiger partial charge in [0.05, 0.1) is 0 Å². The molecule has 0 saturated heterocycles. The highest BCUT2D eigenvalue weighted by Gasteiger charge is 2.10. The van der Waals surface area contributed by atoms with Crippen LogP contribution in [0.2, 0.25) is 0 Å². The lowest BCUT2D eigenvalue weighted by molar-refractivity contribution is -0.137. The molecule has 1 amide bonds. The summed E-state index contributed by atoms with van der Waals surface area (Å²) in [6.45, 7) is 0.400. The number of carbonyl (C=O) groups is 2. The average molecular weight is 285 g/mol. The molecular formula is C14H17F2NO3. The molecule has 0 atom stereocenters. The summed E-state index contributed by atoms with van der Waals surface area (Å²) >= 11 is 0. The van der Waals surface area contributed by atoms with Crippen LogP contribution in [0, 0.1) is 0 Å². The number of alkyl halides is 2. The van der Waals surface area contributed by atoms with Gasteiger partial charge in [-0.05, 0) is 25.0 Å². The summed E-state index contributed by atoms with van der Waals surface area (Å²) < 4.78 is 25.0. The van der Waals surface area contributed by atoms with Crippen molar-refractivity contribution < 1.29 is 23.5 Å². The molecule has 0 heterocycles. The summed E-state index contributed by atoms with van der Waals surface area (Å²) in [5, 5.41) is 11.1. The Bertz CT molecular complexity index is 463. The van der Waals surface area contributed by atoms with E-state index in [-0.39, 0.29) is 17.5 Å². The van der Waals surface area contributed by atoms with E-state index in [1.54, 1.807) is 0 Å². The van der Waals surface area contributed by atoms with Crippen molar-refractivity contribution in [1.29, 1.82) is 0 Å². The van der Waals surface area contributed by atoms with Gasteiger partial charge < -0.3 is 10.4 Å². The zero-order valence-electron chi connectivity index (χ0n) is 10.9. The number of unbranched alkanes of at least 4 members (excludes halogenated alkanes) is 2. The first-order chi connectivity index (χ1) is 9.50. The minimum atomic E-state index is -2.60. The van der Waals surface area contributed by atoms with Crippen LogP contribution >= 0.6 is 0 Å². The van der Waals surface area contributed by atoms with Crippen molar-refractivity contribution in [2.45, 2.75) is 32.1 Å². The standard InChI is InChI=1S/C14H17F2NO3/c15-13(16)10-5-4-6-11(9-10)14(20)17-8-3-1-2-7-12(18)19/h4-6,9,13H,1-3,7-8H2,(H,17,20)(H,18,19). The Morgan fingerprint density at radius 1 is 1.20 bits per heavy atom. The number of rotatable bonds is 8. The number of aliphatic carboxylic acids is 1. The van der Waals surface area contributed by atoms with Crippen LogP contribution in [0.5, 0.6) is 0 Å². The molecular weight excluding hydrogens is 268 g/mol. The summed E-state index contributed by atoms with van der Waals surface area (Å²) in [5.74, 6) is -1.23. The van der Waals surface area contributed by atoms with Gasteiger partial charge in [0.2, 0.25) is 0 Å². The van der Waals surface area contributed by atoms with Gasteiger partial charge >= 0.3 is 5.97 Å². The van der Waals surface area contributed by atoms with E-state index in [2.05, 4.69) is 5.32 Å². The molecule has 0 aliphatic heterocycles. The lowest BCUT2D eigenvalue weighted by Crippen LogP contribution is -2.24. The predicted molar refractivity (Wildman–Crippen MR) is 69.8 cm³/mol. The van der Waals surface area contributed by atoms with Crippen LogP contribution in [0.25, 0.3) is 0 Å². The molecule has 0 bridgehead atoms. The summed E-state index contributed by atoms with van der Waals surface area (Å²) in [6.07, 6.45) is -0.563. The van der Waals surface area contributed by atoms with E-state index in [0.717, 1.165) is 0 Å². The number of hydrogen-bond donors (Lipinski definition) is 2. The molecule has 0 saturated carbocycles. The number of benzene rings is 1. The highest BCUT2D eigenvalue weighted by Crippen LogP contribution is 2.19. The lowest BCUT2D eigenvalue weighted by atomic mass is 10.1. The third kappa shape index (κ3) is 5.77. The smallest absolute Gasteiger partial charge is 0.303 e. The molecule has 0 radical (unpaired) electrons. The fraction of sp³-hybridized carbons (Fsp3) is 0.429. The van der Waals surface area contributed by atoms with Gasteiger partial charge in [-0.3, -0.25) is 9.59 Å². The molecule has 0 spiro atoms. The molecule has 1 aromatic rings. The van der Waals surface area contributed by atoms with Crippen molar-refractivity contribution in [2.24, 2.45) is 0 Å². The van der Waals surface area contributed by atoms with E-state index >= 15 is 0 Å². The van der Waals surface area contributed by atoms with Crippen LogP contribution in [-0.4, -0.2) is 23.5 Å². The predicted octanol–water partition coefficient (Wildman–Crippen LogP) is 3.00. The van der Waals surface area contributed by atoms with Crippen LogP contribution in [0.1, 0.15) is 48.0 Å². The average Bonchev–Trinajstić information content (AvgIpc) is 2.42. The lowest BCUT2D eigenvalue weighted by Gasteiger charge is -2.06. The maximum Gasteiger partial charge on any atom is 0.303 e. The van der Waals surface area contributed by atoms with Crippen LogP contribution in [0.15, 0.2) is 24.3 Å².